The summed E-state index contributed by atoms with van der Waals surface area (Å²) in [6, 6.07) is 6.12. The van der Waals surface area contributed by atoms with Crippen molar-refractivity contribution >= 4 is 0 Å². The van der Waals surface area contributed by atoms with Gasteiger partial charge in [-0.15, -0.1) is 5.10 Å². The van der Waals surface area contributed by atoms with Crippen molar-refractivity contribution in [3.8, 4) is 11.5 Å². The fourth-order valence-corrected chi connectivity index (χ4v) is 2.16. The van der Waals surface area contributed by atoms with E-state index in [9.17, 15) is 0 Å². The molecule has 1 aromatic heterocycles. The highest BCUT2D eigenvalue weighted by atomic mass is 16.6. The first-order valence-electron chi connectivity index (χ1n) is 6.76. The average molecular weight is 274 g/mol. The maximum Gasteiger partial charge on any atom is 0.161 e. The quantitative estimate of drug-likeness (QED) is 0.822. The largest absolute Gasteiger partial charge is 0.486 e. The molecule has 0 fully saturated rings. The number of hydrogen-bond donors (Lipinski definition) is 1. The maximum absolute atomic E-state index is 5.58. The molecule has 2 aromatic rings. The SMILES string of the molecule is Cn1nncc1CNCCc1ccc2c(c1)OCCO2. The van der Waals surface area contributed by atoms with Crippen LogP contribution in [0, 0.1) is 0 Å². The number of rotatable bonds is 5. The second-order valence-corrected chi connectivity index (χ2v) is 4.75. The number of ether oxygens (including phenoxy) is 2. The molecule has 0 radical (unpaired) electrons. The number of benzene rings is 1. The smallest absolute Gasteiger partial charge is 0.161 e. The van der Waals surface area contributed by atoms with Crippen LogP contribution in [0.1, 0.15) is 11.3 Å². The van der Waals surface area contributed by atoms with Crippen molar-refractivity contribution in [3.05, 3.63) is 35.7 Å². The Morgan fingerprint density at radius 1 is 1.25 bits per heavy atom. The van der Waals surface area contributed by atoms with Crippen molar-refractivity contribution in [1.82, 2.24) is 20.3 Å². The average Bonchev–Trinajstić information content (AvgIpc) is 2.89. The minimum Gasteiger partial charge on any atom is -0.486 e. The lowest BCUT2D eigenvalue weighted by Crippen LogP contribution is -2.19. The van der Waals surface area contributed by atoms with Gasteiger partial charge in [0.25, 0.3) is 0 Å². The monoisotopic (exact) mass is 274 g/mol. The first kappa shape index (κ1) is 12.9. The van der Waals surface area contributed by atoms with E-state index < -0.39 is 0 Å². The summed E-state index contributed by atoms with van der Waals surface area (Å²) in [5.74, 6) is 1.69. The Bertz CT molecular complexity index is 582. The minimum absolute atomic E-state index is 0.627. The van der Waals surface area contributed by atoms with Gasteiger partial charge >= 0.3 is 0 Å². The van der Waals surface area contributed by atoms with Crippen LogP contribution in [0.5, 0.6) is 11.5 Å². The van der Waals surface area contributed by atoms with Gasteiger partial charge in [-0.3, -0.25) is 4.68 Å². The van der Waals surface area contributed by atoms with Crippen LogP contribution in [0.15, 0.2) is 24.4 Å². The first-order chi connectivity index (χ1) is 9.83. The lowest BCUT2D eigenvalue weighted by Gasteiger charge is -2.18. The molecule has 0 amide bonds. The van der Waals surface area contributed by atoms with Crippen LogP contribution in [0.3, 0.4) is 0 Å². The third kappa shape index (κ3) is 2.91. The Kier molecular flexibility index (Phi) is 3.83. The van der Waals surface area contributed by atoms with E-state index in [1.165, 1.54) is 5.56 Å². The van der Waals surface area contributed by atoms with Crippen LogP contribution in [0.2, 0.25) is 0 Å². The van der Waals surface area contributed by atoms with E-state index in [1.807, 2.05) is 13.1 Å². The van der Waals surface area contributed by atoms with E-state index in [0.717, 1.165) is 36.7 Å². The molecule has 0 unspecified atom stereocenters. The van der Waals surface area contributed by atoms with Crippen LogP contribution in [0.4, 0.5) is 0 Å². The molecule has 0 atom stereocenters. The van der Waals surface area contributed by atoms with Gasteiger partial charge in [0.05, 0.1) is 11.9 Å². The summed E-state index contributed by atoms with van der Waals surface area (Å²) in [7, 11) is 1.89. The molecule has 1 aliphatic rings. The third-order valence-electron chi connectivity index (χ3n) is 3.31. The van der Waals surface area contributed by atoms with E-state index in [2.05, 4.69) is 27.8 Å². The van der Waals surface area contributed by atoms with Crippen LogP contribution in [0.25, 0.3) is 0 Å². The van der Waals surface area contributed by atoms with E-state index in [4.69, 9.17) is 9.47 Å². The van der Waals surface area contributed by atoms with E-state index in [-0.39, 0.29) is 0 Å². The summed E-state index contributed by atoms with van der Waals surface area (Å²) in [6.07, 6.45) is 2.72. The van der Waals surface area contributed by atoms with Gasteiger partial charge in [-0.25, -0.2) is 0 Å². The number of hydrogen-bond acceptors (Lipinski definition) is 5. The van der Waals surface area contributed by atoms with Gasteiger partial charge in [0, 0.05) is 13.6 Å². The van der Waals surface area contributed by atoms with Crippen LogP contribution >= 0.6 is 0 Å². The van der Waals surface area contributed by atoms with Crippen molar-refractivity contribution in [2.45, 2.75) is 13.0 Å². The van der Waals surface area contributed by atoms with E-state index in [0.29, 0.717) is 13.2 Å². The van der Waals surface area contributed by atoms with E-state index >= 15 is 0 Å². The number of aryl methyl sites for hydroxylation is 1. The number of fused-ring (bicyclic) bond motifs is 1. The first-order valence-corrected chi connectivity index (χ1v) is 6.76. The summed E-state index contributed by atoms with van der Waals surface area (Å²) in [5.41, 5.74) is 2.32. The molecule has 0 bridgehead atoms. The Morgan fingerprint density at radius 2 is 2.10 bits per heavy atom. The summed E-state index contributed by atoms with van der Waals surface area (Å²) in [4.78, 5) is 0. The zero-order valence-corrected chi connectivity index (χ0v) is 11.5. The van der Waals surface area contributed by atoms with Gasteiger partial charge in [0.1, 0.15) is 13.2 Å². The van der Waals surface area contributed by atoms with Gasteiger partial charge in [0.15, 0.2) is 11.5 Å². The molecule has 106 valence electrons. The molecular weight excluding hydrogens is 256 g/mol. The van der Waals surface area contributed by atoms with E-state index in [1.54, 1.807) is 10.9 Å². The zero-order chi connectivity index (χ0) is 13.8. The van der Waals surface area contributed by atoms with Crippen molar-refractivity contribution in [2.75, 3.05) is 19.8 Å². The molecule has 1 aliphatic heterocycles. The summed E-state index contributed by atoms with van der Waals surface area (Å²) in [5, 5.41) is 11.1. The summed E-state index contributed by atoms with van der Waals surface area (Å²) in [6.45, 7) is 2.92. The molecule has 20 heavy (non-hydrogen) atoms. The second-order valence-electron chi connectivity index (χ2n) is 4.75. The Balaban J connectivity index is 1.50. The van der Waals surface area contributed by atoms with Gasteiger partial charge in [-0.2, -0.15) is 0 Å². The van der Waals surface area contributed by atoms with Gasteiger partial charge in [-0.1, -0.05) is 11.3 Å². The molecule has 0 saturated carbocycles. The maximum atomic E-state index is 5.58. The fraction of sp³-hybridized carbons (Fsp3) is 0.429. The van der Waals surface area contributed by atoms with Gasteiger partial charge < -0.3 is 14.8 Å². The molecule has 0 aliphatic carbocycles. The van der Waals surface area contributed by atoms with Crippen molar-refractivity contribution in [1.29, 1.82) is 0 Å². The summed E-state index contributed by atoms with van der Waals surface area (Å²) >= 11 is 0. The van der Waals surface area contributed by atoms with Crippen molar-refractivity contribution in [2.24, 2.45) is 7.05 Å². The molecule has 6 heteroatoms. The van der Waals surface area contributed by atoms with Crippen LogP contribution in [-0.4, -0.2) is 34.8 Å². The predicted molar refractivity (Wildman–Crippen MR) is 73.8 cm³/mol. The van der Waals surface area contributed by atoms with Crippen LogP contribution in [-0.2, 0) is 20.0 Å². The molecule has 1 aromatic carbocycles. The Labute approximate surface area is 117 Å². The summed E-state index contributed by atoms with van der Waals surface area (Å²) < 4.78 is 12.9. The highest BCUT2D eigenvalue weighted by Gasteiger charge is 2.11. The highest BCUT2D eigenvalue weighted by molar-refractivity contribution is 5.43. The Hall–Kier alpha value is -2.08. The number of nitrogens with one attached hydrogen (secondary N) is 1. The Morgan fingerprint density at radius 3 is 2.90 bits per heavy atom. The van der Waals surface area contributed by atoms with Gasteiger partial charge in [-0.05, 0) is 30.7 Å². The third-order valence-corrected chi connectivity index (χ3v) is 3.31. The van der Waals surface area contributed by atoms with Crippen molar-refractivity contribution < 1.29 is 9.47 Å². The molecule has 0 spiro atoms. The molecule has 2 heterocycles. The molecular formula is C14H18N4O2. The normalized spacial score (nSPS) is 13.4. The lowest BCUT2D eigenvalue weighted by molar-refractivity contribution is 0.171. The molecule has 0 saturated heterocycles. The molecule has 1 N–H and O–H groups in total. The minimum atomic E-state index is 0.627. The lowest BCUT2D eigenvalue weighted by atomic mass is 10.1. The molecule has 6 nitrogen and oxygen atoms in total. The number of nitrogens with zero attached hydrogens (tertiary/aromatic N) is 3. The topological polar surface area (TPSA) is 61.2 Å². The number of aromatic nitrogens is 3. The fourth-order valence-electron chi connectivity index (χ4n) is 2.16. The highest BCUT2D eigenvalue weighted by Crippen LogP contribution is 2.30. The zero-order valence-electron chi connectivity index (χ0n) is 11.5. The van der Waals surface area contributed by atoms with Crippen LogP contribution < -0.4 is 14.8 Å². The van der Waals surface area contributed by atoms with Gasteiger partial charge in [0.2, 0.25) is 0 Å². The molecule has 3 rings (SSSR count). The second kappa shape index (κ2) is 5.92. The predicted octanol–water partition coefficient (Wildman–Crippen LogP) is 0.919. The standard InChI is InChI=1S/C14H18N4O2/c1-18-12(10-16-17-18)9-15-5-4-11-2-3-13-14(8-11)20-7-6-19-13/h2-3,8,10,15H,4-7,9H2,1H3. The van der Waals surface area contributed by atoms with Crippen molar-refractivity contribution in [3.63, 3.8) is 0 Å².